The molecule has 32 heavy (non-hydrogen) atoms. The number of pyridine rings is 1. The number of benzene rings is 1. The Kier molecular flexibility index (Phi) is 5.84. The molecule has 2 aliphatic rings. The van der Waals surface area contributed by atoms with Crippen LogP contribution < -0.4 is 5.56 Å². The predicted molar refractivity (Wildman–Crippen MR) is 126 cm³/mol. The molecular weight excluding hydrogens is 400 g/mol. The van der Waals surface area contributed by atoms with Gasteiger partial charge < -0.3 is 4.98 Å². The highest BCUT2D eigenvalue weighted by molar-refractivity contribution is 5.83. The fourth-order valence-corrected chi connectivity index (χ4v) is 5.67. The Bertz CT molecular complexity index is 1160. The van der Waals surface area contributed by atoms with Gasteiger partial charge >= 0.3 is 0 Å². The SMILES string of the molecule is Cc1ccc2cc(C(c3nnnn3C3CCCCC3)N3CCCC(C)C3)c(=O)[nH]c2c1C. The second kappa shape index (κ2) is 8.77. The van der Waals surface area contributed by atoms with Crippen LogP contribution in [0.1, 0.15) is 86.5 Å². The van der Waals surface area contributed by atoms with E-state index in [1.54, 1.807) is 0 Å². The maximum atomic E-state index is 13.5. The van der Waals surface area contributed by atoms with Crippen LogP contribution in [0.4, 0.5) is 0 Å². The Morgan fingerprint density at radius 1 is 1.09 bits per heavy atom. The Hall–Kier alpha value is -2.54. The minimum absolute atomic E-state index is 0.0346. The van der Waals surface area contributed by atoms with E-state index in [1.807, 2.05) is 4.68 Å². The van der Waals surface area contributed by atoms with Gasteiger partial charge in [0.1, 0.15) is 6.04 Å². The van der Waals surface area contributed by atoms with Crippen LogP contribution in [0, 0.1) is 19.8 Å². The molecule has 1 aliphatic heterocycles. The lowest BCUT2D eigenvalue weighted by atomic mass is 9.93. The number of fused-ring (bicyclic) bond motifs is 1. The van der Waals surface area contributed by atoms with E-state index in [0.29, 0.717) is 12.0 Å². The number of aromatic amines is 1. The minimum atomic E-state index is -0.232. The third kappa shape index (κ3) is 3.87. The Balaban J connectivity index is 1.65. The largest absolute Gasteiger partial charge is 0.321 e. The molecule has 0 radical (unpaired) electrons. The van der Waals surface area contributed by atoms with Crippen LogP contribution in [0.2, 0.25) is 0 Å². The first-order valence-electron chi connectivity index (χ1n) is 12.2. The van der Waals surface area contributed by atoms with Gasteiger partial charge in [-0.2, -0.15) is 0 Å². The molecular formula is C25H34N6O. The van der Waals surface area contributed by atoms with Crippen molar-refractivity contribution in [2.75, 3.05) is 13.1 Å². The van der Waals surface area contributed by atoms with Crippen molar-refractivity contribution in [1.29, 1.82) is 0 Å². The smallest absolute Gasteiger partial charge is 0.253 e. The average Bonchev–Trinajstić information content (AvgIpc) is 3.28. The molecule has 1 saturated carbocycles. The summed E-state index contributed by atoms with van der Waals surface area (Å²) >= 11 is 0. The van der Waals surface area contributed by atoms with Gasteiger partial charge in [0.2, 0.25) is 0 Å². The van der Waals surface area contributed by atoms with Gasteiger partial charge in [0.25, 0.3) is 5.56 Å². The lowest BCUT2D eigenvalue weighted by Gasteiger charge is -2.37. The third-order valence-corrected chi connectivity index (χ3v) is 7.61. The van der Waals surface area contributed by atoms with Crippen LogP contribution in [0.3, 0.4) is 0 Å². The molecule has 3 heterocycles. The van der Waals surface area contributed by atoms with E-state index in [-0.39, 0.29) is 11.6 Å². The molecule has 1 N–H and O–H groups in total. The molecule has 2 unspecified atom stereocenters. The maximum absolute atomic E-state index is 13.5. The second-order valence-corrected chi connectivity index (χ2v) is 9.94. The number of nitrogens with zero attached hydrogens (tertiary/aromatic N) is 5. The van der Waals surface area contributed by atoms with Crippen LogP contribution in [-0.4, -0.2) is 43.2 Å². The molecule has 7 heteroatoms. The Morgan fingerprint density at radius 2 is 1.91 bits per heavy atom. The number of hydrogen-bond acceptors (Lipinski definition) is 5. The van der Waals surface area contributed by atoms with E-state index in [4.69, 9.17) is 0 Å². The van der Waals surface area contributed by atoms with Crippen LogP contribution in [0.5, 0.6) is 0 Å². The van der Waals surface area contributed by atoms with Gasteiger partial charge in [0.05, 0.1) is 11.6 Å². The van der Waals surface area contributed by atoms with Gasteiger partial charge in [0, 0.05) is 12.1 Å². The highest BCUT2D eigenvalue weighted by Gasteiger charge is 2.34. The second-order valence-electron chi connectivity index (χ2n) is 9.94. The number of nitrogens with one attached hydrogen (secondary N) is 1. The highest BCUT2D eigenvalue weighted by atomic mass is 16.1. The van der Waals surface area contributed by atoms with Gasteiger partial charge in [-0.25, -0.2) is 4.68 Å². The number of H-pyrrole nitrogens is 1. The summed E-state index contributed by atoms with van der Waals surface area (Å²) in [6, 6.07) is 6.40. The lowest BCUT2D eigenvalue weighted by molar-refractivity contribution is 0.138. The molecule has 3 aromatic rings. The molecule has 170 valence electrons. The molecule has 1 aliphatic carbocycles. The number of hydrogen-bond donors (Lipinski definition) is 1. The van der Waals surface area contributed by atoms with Crippen LogP contribution in [0.25, 0.3) is 10.9 Å². The molecule has 2 atom stereocenters. The van der Waals surface area contributed by atoms with Crippen molar-refractivity contribution in [1.82, 2.24) is 30.1 Å². The van der Waals surface area contributed by atoms with Crippen molar-refractivity contribution >= 4 is 10.9 Å². The quantitative estimate of drug-likeness (QED) is 0.656. The molecule has 2 fully saturated rings. The summed E-state index contributed by atoms with van der Waals surface area (Å²) in [7, 11) is 0. The summed E-state index contributed by atoms with van der Waals surface area (Å²) in [5.74, 6) is 1.41. The zero-order valence-corrected chi connectivity index (χ0v) is 19.5. The predicted octanol–water partition coefficient (Wildman–Crippen LogP) is 4.46. The fraction of sp³-hybridized carbons (Fsp3) is 0.600. The summed E-state index contributed by atoms with van der Waals surface area (Å²) in [5, 5.41) is 14.1. The number of piperidine rings is 1. The van der Waals surface area contributed by atoms with Crippen LogP contribution >= 0.6 is 0 Å². The first-order valence-corrected chi connectivity index (χ1v) is 12.2. The van der Waals surface area contributed by atoms with Crippen molar-refractivity contribution in [3.63, 3.8) is 0 Å². The van der Waals surface area contributed by atoms with Gasteiger partial charge in [-0.3, -0.25) is 9.69 Å². The maximum Gasteiger partial charge on any atom is 0.253 e. The first-order chi connectivity index (χ1) is 15.5. The van der Waals surface area contributed by atoms with Crippen LogP contribution in [0.15, 0.2) is 23.0 Å². The van der Waals surface area contributed by atoms with Gasteiger partial charge in [0.15, 0.2) is 5.82 Å². The Morgan fingerprint density at radius 3 is 2.69 bits per heavy atom. The van der Waals surface area contributed by atoms with E-state index in [9.17, 15) is 4.79 Å². The number of rotatable bonds is 4. The highest BCUT2D eigenvalue weighted by Crippen LogP contribution is 2.35. The first kappa shape index (κ1) is 21.3. The zero-order chi connectivity index (χ0) is 22.2. The minimum Gasteiger partial charge on any atom is -0.321 e. The van der Waals surface area contributed by atoms with Crippen molar-refractivity contribution in [2.24, 2.45) is 5.92 Å². The van der Waals surface area contributed by atoms with Crippen molar-refractivity contribution in [3.8, 4) is 0 Å². The molecule has 0 amide bonds. The topological polar surface area (TPSA) is 79.7 Å². The summed E-state index contributed by atoms with van der Waals surface area (Å²) in [4.78, 5) is 19.1. The summed E-state index contributed by atoms with van der Waals surface area (Å²) < 4.78 is 2.03. The molecule has 2 aromatic heterocycles. The van der Waals surface area contributed by atoms with E-state index in [2.05, 4.69) is 64.4 Å². The molecule has 1 aromatic carbocycles. The summed E-state index contributed by atoms with van der Waals surface area (Å²) in [5.41, 5.74) is 3.95. The summed E-state index contributed by atoms with van der Waals surface area (Å²) in [6.45, 7) is 8.35. The molecule has 5 rings (SSSR count). The molecule has 0 spiro atoms. The lowest BCUT2D eigenvalue weighted by Crippen LogP contribution is -2.41. The normalized spacial score (nSPS) is 21.8. The van der Waals surface area contributed by atoms with Crippen molar-refractivity contribution < 1.29 is 0 Å². The molecule has 0 bridgehead atoms. The monoisotopic (exact) mass is 434 g/mol. The number of aromatic nitrogens is 5. The van der Waals surface area contributed by atoms with E-state index >= 15 is 0 Å². The van der Waals surface area contributed by atoms with Gasteiger partial charge in [-0.05, 0) is 85.0 Å². The van der Waals surface area contributed by atoms with Gasteiger partial charge in [-0.1, -0.05) is 38.3 Å². The Labute approximate surface area is 189 Å². The number of likely N-dealkylation sites (tertiary alicyclic amines) is 1. The third-order valence-electron chi connectivity index (χ3n) is 7.61. The summed E-state index contributed by atoms with van der Waals surface area (Å²) in [6.07, 6.45) is 8.27. The van der Waals surface area contributed by atoms with Crippen molar-refractivity contribution in [2.45, 2.75) is 77.8 Å². The number of tetrazole rings is 1. The fourth-order valence-electron chi connectivity index (χ4n) is 5.67. The zero-order valence-electron chi connectivity index (χ0n) is 19.5. The average molecular weight is 435 g/mol. The standard InChI is InChI=1S/C25H34N6O/c1-16-8-7-13-30(15-16)23(24-27-28-29-31(24)20-9-5-4-6-10-20)21-14-19-12-11-17(2)18(3)22(19)26-25(21)32/h11-12,14,16,20,23H,4-10,13,15H2,1-3H3,(H,26,32). The van der Waals surface area contributed by atoms with E-state index in [1.165, 1.54) is 31.2 Å². The molecule has 1 saturated heterocycles. The van der Waals surface area contributed by atoms with E-state index in [0.717, 1.165) is 60.2 Å². The number of aryl methyl sites for hydroxylation is 2. The molecule has 7 nitrogen and oxygen atoms in total. The van der Waals surface area contributed by atoms with Gasteiger partial charge in [-0.15, -0.1) is 5.10 Å². The van der Waals surface area contributed by atoms with E-state index < -0.39 is 0 Å². The van der Waals surface area contributed by atoms with Crippen molar-refractivity contribution in [3.05, 3.63) is 51.1 Å². The van der Waals surface area contributed by atoms with Crippen LogP contribution in [-0.2, 0) is 0 Å².